The van der Waals surface area contributed by atoms with Crippen LogP contribution in [0.5, 0.6) is 0 Å². The monoisotopic (exact) mass is 230 g/mol. The summed E-state index contributed by atoms with van der Waals surface area (Å²) in [5.74, 6) is 0.761. The van der Waals surface area contributed by atoms with E-state index in [4.69, 9.17) is 4.42 Å². The maximum atomic E-state index is 11.7. The highest BCUT2D eigenvalue weighted by Crippen LogP contribution is 2.01. The molecular weight excluding hydrogens is 216 g/mol. The van der Waals surface area contributed by atoms with E-state index in [0.29, 0.717) is 18.5 Å². The second kappa shape index (κ2) is 5.30. The van der Waals surface area contributed by atoms with Gasteiger partial charge in [-0.1, -0.05) is 0 Å². The van der Waals surface area contributed by atoms with Crippen molar-refractivity contribution in [2.45, 2.75) is 13.3 Å². The van der Waals surface area contributed by atoms with Gasteiger partial charge in [0.2, 0.25) is 0 Å². The van der Waals surface area contributed by atoms with E-state index >= 15 is 0 Å². The van der Waals surface area contributed by atoms with Crippen LogP contribution in [0.25, 0.3) is 0 Å². The molecule has 17 heavy (non-hydrogen) atoms. The summed E-state index contributed by atoms with van der Waals surface area (Å²) in [6.07, 6.45) is 3.90. The molecule has 0 atom stereocenters. The maximum Gasteiger partial charge on any atom is 0.252 e. The van der Waals surface area contributed by atoms with E-state index in [9.17, 15) is 4.79 Å². The van der Waals surface area contributed by atoms with Gasteiger partial charge in [0.05, 0.1) is 11.8 Å². The highest BCUT2D eigenvalue weighted by molar-refractivity contribution is 5.93. The van der Waals surface area contributed by atoms with Crippen molar-refractivity contribution in [3.8, 4) is 0 Å². The number of hydrogen-bond donors (Lipinski definition) is 1. The van der Waals surface area contributed by atoms with Crippen LogP contribution >= 0.6 is 0 Å². The van der Waals surface area contributed by atoms with Gasteiger partial charge in [-0.05, 0) is 31.2 Å². The Bertz CT molecular complexity index is 475. The van der Waals surface area contributed by atoms with Crippen LogP contribution in [0.2, 0.25) is 0 Å². The van der Waals surface area contributed by atoms with E-state index in [1.807, 2.05) is 25.1 Å². The van der Waals surface area contributed by atoms with Crippen LogP contribution in [0, 0.1) is 6.92 Å². The average molecular weight is 230 g/mol. The van der Waals surface area contributed by atoms with E-state index < -0.39 is 0 Å². The Morgan fingerprint density at radius 3 is 2.94 bits per heavy atom. The fourth-order valence-corrected chi connectivity index (χ4v) is 1.46. The van der Waals surface area contributed by atoms with Crippen molar-refractivity contribution >= 4 is 5.91 Å². The fourth-order valence-electron chi connectivity index (χ4n) is 1.46. The number of carbonyl (C=O) groups is 1. The number of hydrogen-bond acceptors (Lipinski definition) is 3. The lowest BCUT2D eigenvalue weighted by atomic mass is 10.2. The largest absolute Gasteiger partial charge is 0.469 e. The summed E-state index contributed by atoms with van der Waals surface area (Å²) in [6.45, 7) is 2.44. The minimum absolute atomic E-state index is 0.107. The van der Waals surface area contributed by atoms with Gasteiger partial charge in [0.1, 0.15) is 5.76 Å². The van der Waals surface area contributed by atoms with Gasteiger partial charge in [0, 0.05) is 24.9 Å². The van der Waals surface area contributed by atoms with Crippen LogP contribution in [0.4, 0.5) is 0 Å². The Labute approximate surface area is 99.7 Å². The summed E-state index contributed by atoms with van der Waals surface area (Å²) < 4.78 is 5.17. The first-order valence-corrected chi connectivity index (χ1v) is 5.49. The van der Waals surface area contributed by atoms with Crippen LogP contribution in [-0.2, 0) is 6.42 Å². The van der Waals surface area contributed by atoms with Crippen LogP contribution < -0.4 is 5.32 Å². The minimum atomic E-state index is -0.107. The zero-order valence-electron chi connectivity index (χ0n) is 9.64. The molecule has 0 radical (unpaired) electrons. The van der Waals surface area contributed by atoms with Gasteiger partial charge >= 0.3 is 0 Å². The highest BCUT2D eigenvalue weighted by atomic mass is 16.3. The Balaban J connectivity index is 1.83. The van der Waals surface area contributed by atoms with Crippen molar-refractivity contribution in [3.05, 3.63) is 53.7 Å². The molecule has 0 fully saturated rings. The van der Waals surface area contributed by atoms with E-state index in [1.54, 1.807) is 18.5 Å². The van der Waals surface area contributed by atoms with E-state index in [2.05, 4.69) is 10.3 Å². The number of nitrogens with zero attached hydrogens (tertiary/aromatic N) is 1. The normalized spacial score (nSPS) is 10.2. The minimum Gasteiger partial charge on any atom is -0.469 e. The van der Waals surface area contributed by atoms with Crippen LogP contribution in [-0.4, -0.2) is 17.4 Å². The summed E-state index contributed by atoms with van der Waals surface area (Å²) in [7, 11) is 0. The molecule has 2 rings (SSSR count). The first-order valence-electron chi connectivity index (χ1n) is 5.49. The van der Waals surface area contributed by atoms with Crippen molar-refractivity contribution in [2.75, 3.05) is 6.54 Å². The molecular formula is C13H14N2O2. The third-order valence-corrected chi connectivity index (χ3v) is 2.41. The molecule has 0 spiro atoms. The van der Waals surface area contributed by atoms with Crippen molar-refractivity contribution in [3.63, 3.8) is 0 Å². The molecule has 4 nitrogen and oxygen atoms in total. The van der Waals surface area contributed by atoms with Gasteiger partial charge < -0.3 is 9.73 Å². The fraction of sp³-hybridized carbons (Fsp3) is 0.231. The molecule has 0 aliphatic heterocycles. The molecule has 2 heterocycles. The Morgan fingerprint density at radius 2 is 2.29 bits per heavy atom. The standard InChI is InChI=1S/C13H14N2O2/c1-10-4-5-11(9-15-10)13(16)14-7-6-12-3-2-8-17-12/h2-5,8-9H,6-7H2,1H3,(H,14,16). The van der Waals surface area contributed by atoms with Gasteiger partial charge in [0.25, 0.3) is 5.91 Å². The molecule has 0 bridgehead atoms. The van der Waals surface area contributed by atoms with Gasteiger partial charge in [-0.25, -0.2) is 0 Å². The smallest absolute Gasteiger partial charge is 0.252 e. The quantitative estimate of drug-likeness (QED) is 0.873. The zero-order valence-corrected chi connectivity index (χ0v) is 9.64. The Hall–Kier alpha value is -2.10. The van der Waals surface area contributed by atoms with E-state index in [0.717, 1.165) is 11.5 Å². The number of amides is 1. The number of aryl methyl sites for hydroxylation is 1. The van der Waals surface area contributed by atoms with Crippen molar-refractivity contribution in [1.29, 1.82) is 0 Å². The molecule has 0 aliphatic rings. The third kappa shape index (κ3) is 3.17. The van der Waals surface area contributed by atoms with Gasteiger partial charge in [-0.15, -0.1) is 0 Å². The van der Waals surface area contributed by atoms with Crippen LogP contribution in [0.1, 0.15) is 21.8 Å². The second-order valence-corrected chi connectivity index (χ2v) is 3.77. The Morgan fingerprint density at radius 1 is 1.41 bits per heavy atom. The lowest BCUT2D eigenvalue weighted by Gasteiger charge is -2.03. The molecule has 2 aromatic heterocycles. The number of furan rings is 1. The molecule has 0 aliphatic carbocycles. The van der Waals surface area contributed by atoms with Gasteiger partial charge in [0.15, 0.2) is 0 Å². The SMILES string of the molecule is Cc1ccc(C(=O)NCCc2ccco2)cn1. The van der Waals surface area contributed by atoms with Gasteiger partial charge in [-0.2, -0.15) is 0 Å². The van der Waals surface area contributed by atoms with Crippen molar-refractivity contribution in [1.82, 2.24) is 10.3 Å². The van der Waals surface area contributed by atoms with Crippen molar-refractivity contribution < 1.29 is 9.21 Å². The number of rotatable bonds is 4. The first-order chi connectivity index (χ1) is 8.25. The van der Waals surface area contributed by atoms with Crippen LogP contribution in [0.15, 0.2) is 41.1 Å². The molecule has 88 valence electrons. The second-order valence-electron chi connectivity index (χ2n) is 3.77. The summed E-state index contributed by atoms with van der Waals surface area (Å²) in [4.78, 5) is 15.8. The number of nitrogens with one attached hydrogen (secondary N) is 1. The molecule has 2 aromatic rings. The summed E-state index contributed by atoms with van der Waals surface area (Å²) in [6, 6.07) is 7.31. The highest BCUT2D eigenvalue weighted by Gasteiger charge is 2.05. The van der Waals surface area contributed by atoms with E-state index in [1.165, 1.54) is 0 Å². The summed E-state index contributed by atoms with van der Waals surface area (Å²) in [5.41, 5.74) is 1.48. The summed E-state index contributed by atoms with van der Waals surface area (Å²) >= 11 is 0. The number of carbonyl (C=O) groups excluding carboxylic acids is 1. The topological polar surface area (TPSA) is 55.1 Å². The first kappa shape index (κ1) is 11.4. The predicted octanol–water partition coefficient (Wildman–Crippen LogP) is 1.96. The molecule has 1 N–H and O–H groups in total. The lowest BCUT2D eigenvalue weighted by Crippen LogP contribution is -2.25. The van der Waals surface area contributed by atoms with Gasteiger partial charge in [-0.3, -0.25) is 9.78 Å². The maximum absolute atomic E-state index is 11.7. The van der Waals surface area contributed by atoms with Crippen molar-refractivity contribution in [2.24, 2.45) is 0 Å². The Kier molecular flexibility index (Phi) is 3.55. The predicted molar refractivity (Wildman–Crippen MR) is 63.7 cm³/mol. The molecule has 0 aromatic carbocycles. The number of aromatic nitrogens is 1. The lowest BCUT2D eigenvalue weighted by molar-refractivity contribution is 0.0953. The summed E-state index contributed by atoms with van der Waals surface area (Å²) in [5, 5.41) is 2.82. The zero-order chi connectivity index (χ0) is 12.1. The molecule has 0 saturated heterocycles. The third-order valence-electron chi connectivity index (χ3n) is 2.41. The molecule has 0 unspecified atom stereocenters. The number of pyridine rings is 1. The van der Waals surface area contributed by atoms with E-state index in [-0.39, 0.29) is 5.91 Å². The van der Waals surface area contributed by atoms with Crippen LogP contribution in [0.3, 0.4) is 0 Å². The average Bonchev–Trinajstić information content (AvgIpc) is 2.83. The molecule has 0 saturated carbocycles. The molecule has 1 amide bonds. The molecule has 4 heteroatoms.